The summed E-state index contributed by atoms with van der Waals surface area (Å²) in [6.45, 7) is 4.62. The number of aryl methyl sites for hydroxylation is 1. The number of nitrogens with zero attached hydrogens (tertiary/aromatic N) is 4. The number of imidazole rings is 1. The van der Waals surface area contributed by atoms with E-state index in [4.69, 9.17) is 9.47 Å². The van der Waals surface area contributed by atoms with Crippen molar-refractivity contribution in [3.05, 3.63) is 36.2 Å². The zero-order valence-corrected chi connectivity index (χ0v) is 17.3. The van der Waals surface area contributed by atoms with E-state index in [0.717, 1.165) is 49.2 Å². The molecule has 1 amide bonds. The van der Waals surface area contributed by atoms with Gasteiger partial charge in [-0.1, -0.05) is 6.07 Å². The second-order valence-corrected chi connectivity index (χ2v) is 6.57. The Balaban J connectivity index is 0.00000140. The van der Waals surface area contributed by atoms with Crippen molar-refractivity contribution in [1.29, 1.82) is 0 Å². The predicted octanol–water partition coefficient (Wildman–Crippen LogP) is 1.43. The maximum atomic E-state index is 12.2. The molecule has 0 saturated carbocycles. The second-order valence-electron chi connectivity index (χ2n) is 6.57. The number of amides is 1. The number of carbonyl (C=O) groups is 1. The lowest BCUT2D eigenvalue weighted by molar-refractivity contribution is -0.122. The number of ether oxygens (including phenoxy) is 2. The number of carbonyl (C=O) groups excluding carboxylic acids is 1. The van der Waals surface area contributed by atoms with E-state index in [1.54, 1.807) is 0 Å². The molecule has 0 atom stereocenters. The van der Waals surface area contributed by atoms with Crippen molar-refractivity contribution in [2.45, 2.75) is 6.54 Å². The highest BCUT2D eigenvalue weighted by molar-refractivity contribution is 5.85. The smallest absolute Gasteiger partial charge is 0.234 e. The summed E-state index contributed by atoms with van der Waals surface area (Å²) in [5.74, 6) is 2.51. The molecule has 1 saturated heterocycles. The molecule has 0 unspecified atom stereocenters. The number of aromatic nitrogens is 2. The first-order valence-corrected chi connectivity index (χ1v) is 8.79. The van der Waals surface area contributed by atoms with Gasteiger partial charge in [0.05, 0.1) is 6.54 Å². The van der Waals surface area contributed by atoms with Gasteiger partial charge in [0, 0.05) is 52.2 Å². The first-order chi connectivity index (χ1) is 12.7. The summed E-state index contributed by atoms with van der Waals surface area (Å²) in [5, 5.41) is 2.98. The van der Waals surface area contributed by atoms with Crippen LogP contribution in [-0.2, 0) is 18.4 Å². The van der Waals surface area contributed by atoms with Crippen molar-refractivity contribution >= 4 is 36.7 Å². The monoisotopic (exact) mass is 429 g/mol. The molecule has 0 bridgehead atoms. The Morgan fingerprint density at radius 2 is 1.89 bits per heavy atom. The van der Waals surface area contributed by atoms with E-state index in [-0.39, 0.29) is 37.5 Å². The Hall–Kier alpha value is -2.16. The third-order valence-electron chi connectivity index (χ3n) is 4.74. The molecule has 1 fully saturated rings. The van der Waals surface area contributed by atoms with Gasteiger partial charge in [0.2, 0.25) is 18.6 Å². The molecule has 8 nitrogen and oxygen atoms in total. The van der Waals surface area contributed by atoms with E-state index < -0.39 is 0 Å². The number of benzene rings is 1. The minimum Gasteiger partial charge on any atom is -0.454 e. The lowest BCUT2D eigenvalue weighted by Gasteiger charge is -2.34. The van der Waals surface area contributed by atoms with E-state index in [1.165, 1.54) is 0 Å². The molecule has 1 N–H and O–H groups in total. The molecule has 0 radical (unpaired) electrons. The molecule has 0 spiro atoms. The Labute approximate surface area is 176 Å². The van der Waals surface area contributed by atoms with Gasteiger partial charge in [0.15, 0.2) is 11.5 Å². The van der Waals surface area contributed by atoms with E-state index in [9.17, 15) is 4.79 Å². The fraction of sp³-hybridized carbons (Fsp3) is 0.444. The average molecular weight is 430 g/mol. The highest BCUT2D eigenvalue weighted by Crippen LogP contribution is 2.32. The average Bonchev–Trinajstić information content (AvgIpc) is 3.29. The zero-order chi connectivity index (χ0) is 17.9. The lowest BCUT2D eigenvalue weighted by atomic mass is 10.2. The van der Waals surface area contributed by atoms with E-state index >= 15 is 0 Å². The molecular weight excluding hydrogens is 405 g/mol. The van der Waals surface area contributed by atoms with Crippen LogP contribution in [-0.4, -0.2) is 59.9 Å². The van der Waals surface area contributed by atoms with Crippen molar-refractivity contribution in [3.63, 3.8) is 0 Å². The van der Waals surface area contributed by atoms with Gasteiger partial charge in [-0.25, -0.2) is 4.98 Å². The van der Waals surface area contributed by atoms with Crippen LogP contribution in [0, 0.1) is 0 Å². The van der Waals surface area contributed by atoms with Crippen LogP contribution in [0.25, 0.3) is 0 Å². The molecule has 3 heterocycles. The van der Waals surface area contributed by atoms with Gasteiger partial charge in [0.1, 0.15) is 0 Å². The Morgan fingerprint density at radius 3 is 2.61 bits per heavy atom. The van der Waals surface area contributed by atoms with E-state index in [1.807, 2.05) is 42.2 Å². The lowest BCUT2D eigenvalue weighted by Crippen LogP contribution is -2.50. The van der Waals surface area contributed by atoms with Crippen LogP contribution in [0.5, 0.6) is 11.5 Å². The van der Waals surface area contributed by atoms with Crippen LogP contribution < -0.4 is 19.7 Å². The van der Waals surface area contributed by atoms with Crippen molar-refractivity contribution in [2.24, 2.45) is 7.05 Å². The van der Waals surface area contributed by atoms with E-state index in [0.29, 0.717) is 13.1 Å². The number of piperazine rings is 1. The molecule has 2 aromatic rings. The molecular formula is C18H25Cl2N5O3. The maximum Gasteiger partial charge on any atom is 0.234 e. The van der Waals surface area contributed by atoms with Gasteiger partial charge < -0.3 is 24.3 Å². The maximum absolute atomic E-state index is 12.2. The SMILES string of the molecule is Cl.Cl.Cn1ccnc1N1CCN(CC(=O)NCc2ccc3c(c2)OCO3)CC1. The summed E-state index contributed by atoms with van der Waals surface area (Å²) in [5.41, 5.74) is 1.00. The first-order valence-electron chi connectivity index (χ1n) is 8.79. The number of anilines is 1. The molecule has 10 heteroatoms. The fourth-order valence-corrected chi connectivity index (χ4v) is 3.28. The molecule has 28 heavy (non-hydrogen) atoms. The van der Waals surface area contributed by atoms with Crippen LogP contribution in [0.1, 0.15) is 5.56 Å². The molecule has 154 valence electrons. The minimum absolute atomic E-state index is 0. The summed E-state index contributed by atoms with van der Waals surface area (Å²) >= 11 is 0. The summed E-state index contributed by atoms with van der Waals surface area (Å²) in [6.07, 6.45) is 3.76. The van der Waals surface area contributed by atoms with Crippen LogP contribution in [0.2, 0.25) is 0 Å². The topological polar surface area (TPSA) is 71.9 Å². The first kappa shape index (κ1) is 22.1. The third kappa shape index (κ3) is 5.01. The number of fused-ring (bicyclic) bond motifs is 1. The van der Waals surface area contributed by atoms with E-state index in [2.05, 4.69) is 20.1 Å². The number of rotatable bonds is 5. The predicted molar refractivity (Wildman–Crippen MR) is 111 cm³/mol. The van der Waals surface area contributed by atoms with Gasteiger partial charge in [-0.05, 0) is 17.7 Å². The van der Waals surface area contributed by atoms with Crippen LogP contribution >= 0.6 is 24.8 Å². The van der Waals surface area contributed by atoms with Crippen molar-refractivity contribution < 1.29 is 14.3 Å². The van der Waals surface area contributed by atoms with Crippen molar-refractivity contribution in [1.82, 2.24) is 19.8 Å². The summed E-state index contributed by atoms with van der Waals surface area (Å²) < 4.78 is 12.7. The number of hydrogen-bond acceptors (Lipinski definition) is 6. The standard InChI is InChI=1S/C18H23N5O3.2ClH/c1-21-5-4-19-18(21)23-8-6-22(7-9-23)12-17(24)20-11-14-2-3-15-16(10-14)26-13-25-15;;/h2-5,10H,6-9,11-13H2,1H3,(H,20,24);2*1H. The summed E-state index contributed by atoms with van der Waals surface area (Å²) in [6, 6.07) is 5.73. The van der Waals surface area contributed by atoms with Gasteiger partial charge in [0.25, 0.3) is 0 Å². The number of hydrogen-bond donors (Lipinski definition) is 1. The summed E-state index contributed by atoms with van der Waals surface area (Å²) in [4.78, 5) is 21.1. The van der Waals surface area contributed by atoms with Gasteiger partial charge in [-0.15, -0.1) is 24.8 Å². The van der Waals surface area contributed by atoms with Gasteiger partial charge in [-0.3, -0.25) is 9.69 Å². The third-order valence-corrected chi connectivity index (χ3v) is 4.74. The summed E-state index contributed by atoms with van der Waals surface area (Å²) in [7, 11) is 2.00. The van der Waals surface area contributed by atoms with Crippen LogP contribution in [0.15, 0.2) is 30.6 Å². The molecule has 2 aliphatic heterocycles. The largest absolute Gasteiger partial charge is 0.454 e. The van der Waals surface area contributed by atoms with Crippen LogP contribution in [0.4, 0.5) is 5.95 Å². The zero-order valence-electron chi connectivity index (χ0n) is 15.7. The quantitative estimate of drug-likeness (QED) is 0.774. The van der Waals surface area contributed by atoms with Gasteiger partial charge in [-0.2, -0.15) is 0 Å². The van der Waals surface area contributed by atoms with Crippen LogP contribution in [0.3, 0.4) is 0 Å². The highest BCUT2D eigenvalue weighted by Gasteiger charge is 2.21. The normalized spacial score (nSPS) is 15.5. The molecule has 1 aromatic carbocycles. The van der Waals surface area contributed by atoms with Crippen molar-refractivity contribution in [3.8, 4) is 11.5 Å². The highest BCUT2D eigenvalue weighted by atomic mass is 35.5. The molecule has 1 aromatic heterocycles. The second kappa shape index (κ2) is 9.86. The van der Waals surface area contributed by atoms with Gasteiger partial charge >= 0.3 is 0 Å². The fourth-order valence-electron chi connectivity index (χ4n) is 3.28. The minimum atomic E-state index is 0. The van der Waals surface area contributed by atoms with Crippen molar-refractivity contribution in [2.75, 3.05) is 44.4 Å². The molecule has 2 aliphatic rings. The Kier molecular flexibility index (Phi) is 7.79. The number of nitrogens with one attached hydrogen (secondary N) is 1. The molecule has 0 aliphatic carbocycles. The molecule has 4 rings (SSSR count). The Morgan fingerprint density at radius 1 is 1.14 bits per heavy atom. The number of halogens is 2. The Bertz CT molecular complexity index is 793.